The molecule has 17 nitrogen and oxygen atoms in total. The van der Waals surface area contributed by atoms with Crippen LogP contribution in [0.4, 0.5) is 0 Å². The van der Waals surface area contributed by atoms with Gasteiger partial charge in [-0.2, -0.15) is 9.36 Å². The van der Waals surface area contributed by atoms with Crippen molar-refractivity contribution in [3.63, 3.8) is 0 Å². The van der Waals surface area contributed by atoms with Gasteiger partial charge >= 0.3 is 5.69 Å². The molecule has 2 aromatic heterocycles. The van der Waals surface area contributed by atoms with Gasteiger partial charge in [0.2, 0.25) is 0 Å². The fraction of sp³-hybridized carbons (Fsp3) is 0.736. The molecule has 510 valence electrons. The third kappa shape index (κ3) is 14.9. The first-order valence-corrected chi connectivity index (χ1v) is 32.1. The topological polar surface area (TPSA) is 106 Å². The Hall–Kier alpha value is -5.87. The van der Waals surface area contributed by atoms with Crippen molar-refractivity contribution in [2.45, 2.75) is 220 Å². The van der Waals surface area contributed by atoms with Gasteiger partial charge in [-0.15, -0.1) is 4.68 Å². The van der Waals surface area contributed by atoms with Crippen molar-refractivity contribution < 1.29 is 4.24 Å². The van der Waals surface area contributed by atoms with Crippen LogP contribution in [0.2, 0.25) is 0 Å². The maximum absolute atomic E-state index is 10.6. The van der Waals surface area contributed by atoms with E-state index in [1.807, 2.05) is 28.1 Å². The van der Waals surface area contributed by atoms with E-state index in [1.165, 1.54) is 37.8 Å². The number of aryl methyl sites for hydroxylation is 4. The molecule has 0 spiro atoms. The van der Waals surface area contributed by atoms with Gasteiger partial charge in [-0.1, -0.05) is 123 Å². The molecule has 89 heavy (non-hydrogen) atoms. The standard InChI is InChI=1S/C15H29N.C13H26N2.C10H19N.C9H17N.C8H16N2.C8H14N2.C6H10N3.C3H6N4O/c1-11-12(2,3)13(4,5)14(6,7)15(8,9)16(11)10;1-10-14(8)12(4,5)11(2,3)13(6,7)15(10)9;1-7-8(2)10(4,5)11(6)9(7)3;1-6-7(2)9(4)10(5)8(6)3;2*1-6-7(2)10(5)8(3)9(6)4;1-5-7-9(4)6(2)8(5)3;1-6-3(8)7(2)5-4-6/h1H2,2-10H3;1H2,2-9H3;7-8H,3H2,1-2,4-6H3;6-7,9H,3H2,1-2,4-5H3;6-7H,3H2,1-2,4-5H3;3H2,1-2,4-5H3;2-3H2,1,4H3;1-2H3/q;;;;;;+1;. The highest BCUT2D eigenvalue weighted by atomic mass is 16.2. The van der Waals surface area contributed by atoms with E-state index in [4.69, 9.17) is 0 Å². The molecule has 0 amide bonds. The summed E-state index contributed by atoms with van der Waals surface area (Å²) in [5.41, 5.74) is 8.39. The second-order valence-corrected chi connectivity index (χ2v) is 30.8. The Bertz CT molecular complexity index is 2880. The summed E-state index contributed by atoms with van der Waals surface area (Å²) in [5.74, 6) is 6.93. The quantitative estimate of drug-likeness (QED) is 0.234. The summed E-state index contributed by atoms with van der Waals surface area (Å²) in [7, 11) is 23.9. The first-order chi connectivity index (χ1) is 39.7. The van der Waals surface area contributed by atoms with Crippen molar-refractivity contribution in [3.8, 4) is 0 Å². The number of tetrazole rings is 1. The van der Waals surface area contributed by atoms with Gasteiger partial charge in [-0.25, -0.2) is 9.04 Å². The number of nitrogens with zero attached hydrogens (tertiary/aromatic N) is 16. The maximum Gasteiger partial charge on any atom is 0.363 e. The molecule has 8 heterocycles. The summed E-state index contributed by atoms with van der Waals surface area (Å²) in [6, 6.07) is 1.86. The second-order valence-electron chi connectivity index (χ2n) is 30.8. The average molecular weight is 1240 g/mol. The Morgan fingerprint density at radius 1 is 0.427 bits per heavy atom. The predicted octanol–water partition coefficient (Wildman–Crippen LogP) is 12.1. The highest BCUT2D eigenvalue weighted by molar-refractivity contribution is 5.26. The number of hydrogen-bond donors (Lipinski definition) is 0. The summed E-state index contributed by atoms with van der Waals surface area (Å²) >= 11 is 0. The zero-order chi connectivity index (χ0) is 71.0. The zero-order valence-electron chi connectivity index (χ0n) is 64.8. The highest BCUT2D eigenvalue weighted by Gasteiger charge is 2.62. The molecule has 0 saturated carbocycles. The molecule has 7 unspecified atom stereocenters. The van der Waals surface area contributed by atoms with Crippen molar-refractivity contribution >= 4 is 6.58 Å². The third-order valence-electron chi connectivity index (χ3n) is 26.2. The number of aromatic nitrogens is 7. The lowest BCUT2D eigenvalue weighted by atomic mass is 9.45. The van der Waals surface area contributed by atoms with Crippen LogP contribution in [0.5, 0.6) is 0 Å². The average Bonchev–Trinajstić information content (AvgIpc) is 1.64. The summed E-state index contributed by atoms with van der Waals surface area (Å²) < 4.78 is 5.72. The smallest absolute Gasteiger partial charge is 0.363 e. The first kappa shape index (κ1) is 81.1. The Kier molecular flexibility index (Phi) is 25.8. The largest absolute Gasteiger partial charge is 0.375 e. The lowest BCUT2D eigenvalue weighted by Crippen LogP contribution is -2.71. The van der Waals surface area contributed by atoms with E-state index in [0.717, 1.165) is 34.7 Å². The first-order valence-electron chi connectivity index (χ1n) is 32.1. The normalized spacial score (nSPS) is 27.2. The Labute approximate surface area is 546 Å². The van der Waals surface area contributed by atoms with E-state index in [9.17, 15) is 4.79 Å². The molecule has 0 aliphatic carbocycles. The summed E-state index contributed by atoms with van der Waals surface area (Å²) in [6.45, 7) is 91.2. The van der Waals surface area contributed by atoms with Crippen molar-refractivity contribution in [2.75, 3.05) is 63.4 Å². The van der Waals surface area contributed by atoms with Gasteiger partial charge in [0, 0.05) is 182 Å². The van der Waals surface area contributed by atoms with E-state index in [2.05, 4.69) is 335 Å². The minimum atomic E-state index is -0.204. The van der Waals surface area contributed by atoms with Crippen LogP contribution in [0.1, 0.15) is 179 Å². The molecule has 7 atom stereocenters. The number of likely N-dealkylation sites (N-methyl/N-ethyl adjacent to an activating group) is 2. The van der Waals surface area contributed by atoms with Gasteiger partial charge in [0.15, 0.2) is 0 Å². The minimum Gasteiger partial charge on any atom is -0.375 e. The van der Waals surface area contributed by atoms with Crippen molar-refractivity contribution in [2.24, 2.45) is 66.5 Å². The molecule has 6 aliphatic heterocycles. The Morgan fingerprint density at radius 3 is 0.978 bits per heavy atom. The van der Waals surface area contributed by atoms with E-state index >= 15 is 0 Å². The van der Waals surface area contributed by atoms with Gasteiger partial charge in [0.25, 0.3) is 11.3 Å². The van der Waals surface area contributed by atoms with Gasteiger partial charge in [0.05, 0.1) is 18.7 Å². The molecule has 6 aliphatic rings. The molecular weight excluding hydrogens is 1100 g/mol. The number of allylic oxidation sites excluding steroid dienone is 5. The molecule has 5 fully saturated rings. The van der Waals surface area contributed by atoms with E-state index in [-0.39, 0.29) is 49.5 Å². The zero-order valence-corrected chi connectivity index (χ0v) is 64.8. The number of rotatable bonds is 0. The lowest BCUT2D eigenvalue weighted by Gasteiger charge is -2.68. The van der Waals surface area contributed by atoms with Crippen molar-refractivity contribution in [1.82, 2.24) is 73.7 Å². The summed E-state index contributed by atoms with van der Waals surface area (Å²) in [5, 5.41) is 10.9. The van der Waals surface area contributed by atoms with E-state index < -0.39 is 0 Å². The summed E-state index contributed by atoms with van der Waals surface area (Å²) in [6.07, 6.45) is 0. The van der Waals surface area contributed by atoms with Crippen LogP contribution in [-0.2, 0) is 21.1 Å². The third-order valence-corrected chi connectivity index (χ3v) is 26.2. The molecule has 0 bridgehead atoms. The van der Waals surface area contributed by atoms with Crippen LogP contribution >= 0.6 is 0 Å². The van der Waals surface area contributed by atoms with Crippen LogP contribution in [-0.4, -0.2) is 177 Å². The number of hydrogen-bond acceptors (Lipinski definition) is 13. The fourth-order valence-electron chi connectivity index (χ4n) is 12.6. The van der Waals surface area contributed by atoms with Crippen LogP contribution in [0.3, 0.4) is 0 Å². The monoisotopic (exact) mass is 1240 g/mol. The van der Waals surface area contributed by atoms with Crippen LogP contribution < -0.4 is 15.4 Å². The van der Waals surface area contributed by atoms with Crippen LogP contribution in [0, 0.1) is 59.0 Å². The SMILES string of the molecule is C=C1C(C)C(C)C(C)(C)N1C.C=C1C(C)C(C)C(C)N1C.C=C1N(C)C(C)(C)C(C)(C)C(C)(C)C1(C)C.C=C1N(C)C(C)(C)C(C)(C)C(C)(C)N1C.C=C1N(C)C(C)=C(C)N1C.C=C1N(C)C(C)C(C)N1C.C=c1n(C)nc(C)[n+]1=C.Cn1nnn(C)c1=O. The molecule has 5 saturated heterocycles. The van der Waals surface area contributed by atoms with Gasteiger partial charge in [-0.3, -0.25) is 0 Å². The molecule has 0 radical (unpaired) electrons. The van der Waals surface area contributed by atoms with E-state index in [1.54, 1.807) is 23.0 Å². The Morgan fingerprint density at radius 2 is 0.798 bits per heavy atom. The second kappa shape index (κ2) is 28.3. The van der Waals surface area contributed by atoms with Crippen LogP contribution in [0.15, 0.2) is 90.2 Å². The van der Waals surface area contributed by atoms with Gasteiger partial charge in [0.1, 0.15) is 5.82 Å². The molecular formula is C72H137N16O+. The lowest BCUT2D eigenvalue weighted by molar-refractivity contribution is -0.522. The van der Waals surface area contributed by atoms with Crippen molar-refractivity contribution in [1.29, 1.82) is 0 Å². The van der Waals surface area contributed by atoms with Gasteiger partial charge in [-0.05, 0) is 136 Å². The van der Waals surface area contributed by atoms with E-state index in [0.29, 0.717) is 35.9 Å². The minimum absolute atomic E-state index is 0.111. The van der Waals surface area contributed by atoms with Crippen molar-refractivity contribution in [3.05, 3.63) is 114 Å². The highest BCUT2D eigenvalue weighted by Crippen LogP contribution is 2.64. The maximum atomic E-state index is 10.6. The molecule has 17 heteroatoms. The molecule has 0 N–H and O–H groups in total. The number of likely N-dealkylation sites (tertiary alicyclic amines) is 3. The molecule has 8 rings (SSSR count). The molecule has 2 aromatic rings. The van der Waals surface area contributed by atoms with Gasteiger partial charge < -0.3 is 44.1 Å². The Balaban J connectivity index is 0.000000513. The number of piperidine rings is 1. The van der Waals surface area contributed by atoms with Crippen LogP contribution in [0.25, 0.3) is 6.58 Å². The fourth-order valence-corrected chi connectivity index (χ4v) is 12.6. The predicted molar refractivity (Wildman–Crippen MR) is 380 cm³/mol. The summed E-state index contributed by atoms with van der Waals surface area (Å²) in [4.78, 5) is 30.7. The molecule has 0 aromatic carbocycles.